The van der Waals surface area contributed by atoms with Crippen LogP contribution in [0.15, 0.2) is 65.6 Å². The van der Waals surface area contributed by atoms with E-state index in [4.69, 9.17) is 5.21 Å². The Morgan fingerprint density at radius 1 is 1.15 bits per heavy atom. The maximum atomic E-state index is 12.0. The molecule has 0 radical (unpaired) electrons. The largest absolute Gasteiger partial charge is 0.331 e. The summed E-state index contributed by atoms with van der Waals surface area (Å²) in [5.41, 5.74) is 3.30. The average molecular weight is 366 g/mol. The third-order valence-corrected chi connectivity index (χ3v) is 4.08. The third kappa shape index (κ3) is 6.48. The quantitative estimate of drug-likeness (QED) is 0.286. The van der Waals surface area contributed by atoms with Crippen molar-refractivity contribution < 1.29 is 14.8 Å². The number of thioether (sulfide) groups is 1. The summed E-state index contributed by atoms with van der Waals surface area (Å²) >= 11 is 0.880. The van der Waals surface area contributed by atoms with E-state index in [1.165, 1.54) is 11.0 Å². The smallest absolute Gasteiger partial charge is 0.307 e. The normalized spacial score (nSPS) is 10.1. The fourth-order valence-corrected chi connectivity index (χ4v) is 2.47. The second-order valence-corrected chi connectivity index (χ2v) is 6.31. The number of hydrogen-bond acceptors (Lipinski definition) is 4. The molecule has 0 aliphatic heterocycles. The summed E-state index contributed by atoms with van der Waals surface area (Å²) in [4.78, 5) is 25.3. The molecule has 0 aliphatic carbocycles. The highest BCUT2D eigenvalue weighted by molar-refractivity contribution is 8.13. The molecule has 2 rings (SSSR count). The number of benzene rings is 2. The van der Waals surface area contributed by atoms with Crippen LogP contribution in [0.5, 0.6) is 0 Å². The van der Waals surface area contributed by atoms with Gasteiger partial charge in [-0.2, -0.15) is 0 Å². The minimum Gasteiger partial charge on any atom is -0.331 e. The predicted octanol–water partition coefficient (Wildman–Crippen LogP) is 3.40. The van der Waals surface area contributed by atoms with Gasteiger partial charge in [-0.15, -0.1) is 0 Å². The highest BCUT2D eigenvalue weighted by Gasteiger charge is 2.03. The van der Waals surface area contributed by atoms with Gasteiger partial charge >= 0.3 is 5.24 Å². The zero-order valence-corrected chi connectivity index (χ0v) is 15.0. The summed E-state index contributed by atoms with van der Waals surface area (Å²) in [5.74, 6) is 5.80. The van der Waals surface area contributed by atoms with Crippen molar-refractivity contribution in [2.24, 2.45) is 0 Å². The van der Waals surface area contributed by atoms with Crippen molar-refractivity contribution in [1.29, 1.82) is 0 Å². The van der Waals surface area contributed by atoms with E-state index in [9.17, 15) is 9.59 Å². The standard InChI is InChI=1S/C20H18N2O3S/c1-22(19(23)14-11-16-6-3-2-4-7-16)15-5-8-17-9-12-18(13-10-17)26-20(24)21-25/h2-4,6-7,9-14,25H,15H2,1H3,(H,21,24)/b14-11+. The molecule has 132 valence electrons. The lowest BCUT2D eigenvalue weighted by Gasteiger charge is -2.10. The number of hydroxylamine groups is 1. The Balaban J connectivity index is 1.87. The first-order chi connectivity index (χ1) is 12.6. The summed E-state index contributed by atoms with van der Waals surface area (Å²) in [6.07, 6.45) is 3.29. The summed E-state index contributed by atoms with van der Waals surface area (Å²) in [7, 11) is 1.69. The van der Waals surface area contributed by atoms with Crippen LogP contribution in [-0.4, -0.2) is 34.8 Å². The summed E-state index contributed by atoms with van der Waals surface area (Å²) in [5, 5.41) is 7.94. The fourth-order valence-electron chi connectivity index (χ4n) is 1.93. The first kappa shape index (κ1) is 19.3. The van der Waals surface area contributed by atoms with Gasteiger partial charge in [-0.05, 0) is 47.7 Å². The van der Waals surface area contributed by atoms with E-state index < -0.39 is 5.24 Å². The van der Waals surface area contributed by atoms with E-state index >= 15 is 0 Å². The van der Waals surface area contributed by atoms with Crippen molar-refractivity contribution in [2.75, 3.05) is 13.6 Å². The molecular weight excluding hydrogens is 348 g/mol. The van der Waals surface area contributed by atoms with Gasteiger partial charge in [-0.3, -0.25) is 14.8 Å². The molecule has 2 N–H and O–H groups in total. The van der Waals surface area contributed by atoms with Crippen LogP contribution in [0.2, 0.25) is 0 Å². The number of nitrogens with one attached hydrogen (secondary N) is 1. The number of amides is 2. The number of carbonyl (C=O) groups is 2. The zero-order chi connectivity index (χ0) is 18.8. The van der Waals surface area contributed by atoms with Crippen LogP contribution in [0.4, 0.5) is 4.79 Å². The van der Waals surface area contributed by atoms with E-state index in [1.807, 2.05) is 30.3 Å². The van der Waals surface area contributed by atoms with Gasteiger partial charge in [0.15, 0.2) is 0 Å². The van der Waals surface area contributed by atoms with Crippen molar-refractivity contribution in [3.8, 4) is 11.8 Å². The average Bonchev–Trinajstić information content (AvgIpc) is 2.68. The second kappa shape index (κ2) is 10.1. The minimum atomic E-state index is -0.549. The molecule has 2 aromatic carbocycles. The molecule has 6 heteroatoms. The molecule has 0 heterocycles. The van der Waals surface area contributed by atoms with E-state index in [1.54, 1.807) is 42.9 Å². The van der Waals surface area contributed by atoms with Crippen LogP contribution in [0, 0.1) is 11.8 Å². The van der Waals surface area contributed by atoms with E-state index in [0.29, 0.717) is 11.4 Å². The fraction of sp³-hybridized carbons (Fsp3) is 0.100. The molecule has 26 heavy (non-hydrogen) atoms. The van der Waals surface area contributed by atoms with Crippen molar-refractivity contribution in [3.63, 3.8) is 0 Å². The molecule has 0 spiro atoms. The molecule has 0 saturated carbocycles. The molecule has 2 amide bonds. The maximum Gasteiger partial charge on any atom is 0.307 e. The Labute approximate surface area is 156 Å². The van der Waals surface area contributed by atoms with Crippen LogP contribution in [0.1, 0.15) is 11.1 Å². The lowest BCUT2D eigenvalue weighted by Crippen LogP contribution is -2.24. The first-order valence-corrected chi connectivity index (χ1v) is 8.59. The second-order valence-electron chi connectivity index (χ2n) is 5.27. The summed E-state index contributed by atoms with van der Waals surface area (Å²) in [6, 6.07) is 16.6. The SMILES string of the molecule is CN(CC#Cc1ccc(SC(=O)NO)cc1)C(=O)/C=C/c1ccccc1. The molecule has 0 unspecified atom stereocenters. The van der Waals surface area contributed by atoms with Gasteiger partial charge in [0.25, 0.3) is 0 Å². The number of hydrogen-bond donors (Lipinski definition) is 2. The minimum absolute atomic E-state index is 0.120. The molecule has 5 nitrogen and oxygen atoms in total. The van der Waals surface area contributed by atoms with E-state index in [0.717, 1.165) is 22.9 Å². The van der Waals surface area contributed by atoms with Crippen molar-refractivity contribution in [2.45, 2.75) is 4.90 Å². The number of likely N-dealkylation sites (N-methyl/N-ethyl adjacent to an activating group) is 1. The first-order valence-electron chi connectivity index (χ1n) is 7.77. The topological polar surface area (TPSA) is 69.6 Å². The van der Waals surface area contributed by atoms with Crippen molar-refractivity contribution in [3.05, 3.63) is 71.8 Å². The van der Waals surface area contributed by atoms with Crippen LogP contribution in [0.3, 0.4) is 0 Å². The predicted molar refractivity (Wildman–Crippen MR) is 103 cm³/mol. The number of rotatable bonds is 4. The molecule has 0 aliphatic rings. The molecule has 0 aromatic heterocycles. The summed E-state index contributed by atoms with van der Waals surface area (Å²) < 4.78 is 0. The van der Waals surface area contributed by atoms with Gasteiger partial charge in [0, 0.05) is 23.6 Å². The van der Waals surface area contributed by atoms with Crippen LogP contribution in [-0.2, 0) is 4.79 Å². The van der Waals surface area contributed by atoms with Gasteiger partial charge in [0.1, 0.15) is 0 Å². The van der Waals surface area contributed by atoms with Gasteiger partial charge in [-0.25, -0.2) is 5.48 Å². The molecule has 2 aromatic rings. The molecule has 0 saturated heterocycles. The summed E-state index contributed by atoms with van der Waals surface area (Å²) in [6.45, 7) is 0.307. The zero-order valence-electron chi connectivity index (χ0n) is 14.2. The van der Waals surface area contributed by atoms with Crippen LogP contribution < -0.4 is 5.48 Å². The number of nitrogens with zero attached hydrogens (tertiary/aromatic N) is 1. The Hall–Kier alpha value is -3.01. The lowest BCUT2D eigenvalue weighted by atomic mass is 10.2. The van der Waals surface area contributed by atoms with Crippen LogP contribution >= 0.6 is 11.8 Å². The number of carbonyl (C=O) groups excluding carboxylic acids is 2. The molecule has 0 fully saturated rings. The molecular formula is C20H18N2O3S. The van der Waals surface area contributed by atoms with E-state index in [-0.39, 0.29) is 5.91 Å². The van der Waals surface area contributed by atoms with Gasteiger partial charge in [-0.1, -0.05) is 42.2 Å². The Morgan fingerprint density at radius 2 is 1.85 bits per heavy atom. The van der Waals surface area contributed by atoms with Gasteiger partial charge in [0.2, 0.25) is 5.91 Å². The highest BCUT2D eigenvalue weighted by Crippen LogP contribution is 2.18. The van der Waals surface area contributed by atoms with Gasteiger partial charge < -0.3 is 4.90 Å². The molecule has 0 bridgehead atoms. The highest BCUT2D eigenvalue weighted by atomic mass is 32.2. The van der Waals surface area contributed by atoms with Gasteiger partial charge in [0.05, 0.1) is 6.54 Å². The lowest BCUT2D eigenvalue weighted by molar-refractivity contribution is -0.124. The van der Waals surface area contributed by atoms with Crippen LogP contribution in [0.25, 0.3) is 6.08 Å². The van der Waals surface area contributed by atoms with E-state index in [2.05, 4.69) is 11.8 Å². The Morgan fingerprint density at radius 3 is 2.50 bits per heavy atom. The van der Waals surface area contributed by atoms with Crippen molar-refractivity contribution >= 4 is 29.0 Å². The molecule has 0 atom stereocenters. The maximum absolute atomic E-state index is 12.0. The Bertz CT molecular complexity index is 837. The van der Waals surface area contributed by atoms with Crippen molar-refractivity contribution in [1.82, 2.24) is 10.4 Å². The Kier molecular flexibility index (Phi) is 7.49. The third-order valence-electron chi connectivity index (χ3n) is 3.30. The monoisotopic (exact) mass is 366 g/mol.